The van der Waals surface area contributed by atoms with Crippen LogP contribution in [0.2, 0.25) is 0 Å². The molecule has 1 amide bonds. The van der Waals surface area contributed by atoms with Gasteiger partial charge in [-0.3, -0.25) is 4.79 Å². The number of hydrogen-bond donors (Lipinski definition) is 1. The van der Waals surface area contributed by atoms with E-state index in [2.05, 4.69) is 11.9 Å². The van der Waals surface area contributed by atoms with Crippen molar-refractivity contribution in [3.63, 3.8) is 0 Å². The maximum atomic E-state index is 13.0. The zero-order chi connectivity index (χ0) is 20.6. The summed E-state index contributed by atoms with van der Waals surface area (Å²) in [6.07, 6.45) is 4.00. The van der Waals surface area contributed by atoms with Gasteiger partial charge in [0.15, 0.2) is 0 Å². The Kier molecular flexibility index (Phi) is 7.90. The number of benzene rings is 2. The summed E-state index contributed by atoms with van der Waals surface area (Å²) in [4.78, 5) is 12.3. The standard InChI is InChI=1S/C21H25FN2O3S/c1-3-4-8-17-9-5-6-10-20(17)23-21(25)11-7-16-24(2)28(26,27)19-14-12-18(22)13-15-19/h3,5-6,9-10,12-15H,1,4,7-8,11,16H2,2H3,(H,23,25). The molecule has 0 atom stereocenters. The smallest absolute Gasteiger partial charge is 0.242 e. The lowest BCUT2D eigenvalue weighted by Crippen LogP contribution is -2.28. The second-order valence-corrected chi connectivity index (χ2v) is 8.46. The van der Waals surface area contributed by atoms with Gasteiger partial charge in [0.05, 0.1) is 4.90 Å². The molecule has 2 aromatic rings. The normalized spacial score (nSPS) is 11.4. The predicted octanol–water partition coefficient (Wildman–Crippen LogP) is 3.98. The highest BCUT2D eigenvalue weighted by atomic mass is 32.2. The van der Waals surface area contributed by atoms with Crippen LogP contribution in [0.15, 0.2) is 66.1 Å². The van der Waals surface area contributed by atoms with Gasteiger partial charge >= 0.3 is 0 Å². The third kappa shape index (κ3) is 6.00. The van der Waals surface area contributed by atoms with Gasteiger partial charge in [-0.2, -0.15) is 0 Å². The summed E-state index contributed by atoms with van der Waals surface area (Å²) in [5, 5.41) is 2.89. The fourth-order valence-electron chi connectivity index (χ4n) is 2.70. The van der Waals surface area contributed by atoms with E-state index in [1.54, 1.807) is 0 Å². The number of carbonyl (C=O) groups excluding carboxylic acids is 1. The highest BCUT2D eigenvalue weighted by molar-refractivity contribution is 7.89. The van der Waals surface area contributed by atoms with Crippen LogP contribution < -0.4 is 5.32 Å². The molecular weight excluding hydrogens is 379 g/mol. The topological polar surface area (TPSA) is 66.5 Å². The van der Waals surface area contributed by atoms with Crippen LogP contribution in [0.4, 0.5) is 10.1 Å². The molecule has 150 valence electrons. The van der Waals surface area contributed by atoms with Gasteiger partial charge in [0.2, 0.25) is 15.9 Å². The first-order valence-corrected chi connectivity index (χ1v) is 10.5. The lowest BCUT2D eigenvalue weighted by molar-refractivity contribution is -0.116. The first kappa shape index (κ1) is 21.8. The fraction of sp³-hybridized carbons (Fsp3) is 0.286. The van der Waals surface area contributed by atoms with Gasteiger partial charge in [-0.15, -0.1) is 6.58 Å². The van der Waals surface area contributed by atoms with Crippen LogP contribution in [-0.4, -0.2) is 32.2 Å². The van der Waals surface area contributed by atoms with Gasteiger partial charge in [0, 0.05) is 25.7 Å². The third-order valence-electron chi connectivity index (χ3n) is 4.31. The Morgan fingerprint density at radius 1 is 1.18 bits per heavy atom. The van der Waals surface area contributed by atoms with Crippen LogP contribution in [-0.2, 0) is 21.2 Å². The van der Waals surface area contributed by atoms with Crippen LogP contribution in [0, 0.1) is 5.82 Å². The Morgan fingerprint density at radius 3 is 2.54 bits per heavy atom. The summed E-state index contributed by atoms with van der Waals surface area (Å²) in [7, 11) is -2.26. The third-order valence-corrected chi connectivity index (χ3v) is 6.18. The molecule has 0 aliphatic carbocycles. The Bertz CT molecular complexity index is 912. The SMILES string of the molecule is C=CCCc1ccccc1NC(=O)CCCN(C)S(=O)(=O)c1ccc(F)cc1. The highest BCUT2D eigenvalue weighted by Gasteiger charge is 2.20. The molecule has 0 spiro atoms. The molecule has 0 unspecified atom stereocenters. The van der Waals surface area contributed by atoms with Gasteiger partial charge in [0.25, 0.3) is 0 Å². The number of amides is 1. The molecule has 0 fully saturated rings. The van der Waals surface area contributed by atoms with Crippen molar-refractivity contribution >= 4 is 21.6 Å². The number of nitrogens with zero attached hydrogens (tertiary/aromatic N) is 1. The van der Waals surface area contributed by atoms with E-state index in [0.717, 1.165) is 36.2 Å². The molecule has 2 aromatic carbocycles. The van der Waals surface area contributed by atoms with Gasteiger partial charge in [-0.05, 0) is 55.2 Å². The van der Waals surface area contributed by atoms with Crippen LogP contribution >= 0.6 is 0 Å². The molecule has 28 heavy (non-hydrogen) atoms. The van der Waals surface area contributed by atoms with Crippen molar-refractivity contribution in [3.05, 3.63) is 72.6 Å². The minimum atomic E-state index is -3.70. The summed E-state index contributed by atoms with van der Waals surface area (Å²) in [5.41, 5.74) is 1.80. The van der Waals surface area contributed by atoms with Crippen molar-refractivity contribution in [1.29, 1.82) is 0 Å². The van der Waals surface area contributed by atoms with Gasteiger partial charge in [-0.1, -0.05) is 24.3 Å². The molecule has 0 radical (unpaired) electrons. The minimum Gasteiger partial charge on any atom is -0.326 e. The molecule has 0 saturated heterocycles. The molecule has 5 nitrogen and oxygen atoms in total. The van der Waals surface area contributed by atoms with E-state index in [9.17, 15) is 17.6 Å². The average Bonchev–Trinajstić information content (AvgIpc) is 2.67. The van der Waals surface area contributed by atoms with Crippen molar-refractivity contribution in [3.8, 4) is 0 Å². The number of allylic oxidation sites excluding steroid dienone is 1. The Balaban J connectivity index is 1.88. The Hall–Kier alpha value is -2.51. The van der Waals surface area contributed by atoms with Crippen molar-refractivity contribution in [2.75, 3.05) is 18.9 Å². The zero-order valence-corrected chi connectivity index (χ0v) is 16.7. The number of anilines is 1. The van der Waals surface area contributed by atoms with Gasteiger partial charge in [0.1, 0.15) is 5.82 Å². The number of para-hydroxylation sites is 1. The first-order valence-electron chi connectivity index (χ1n) is 9.05. The van der Waals surface area contributed by atoms with E-state index in [1.807, 2.05) is 30.3 Å². The molecule has 1 N–H and O–H groups in total. The quantitative estimate of drug-likeness (QED) is 0.609. The van der Waals surface area contributed by atoms with Crippen LogP contribution in [0.1, 0.15) is 24.8 Å². The van der Waals surface area contributed by atoms with Gasteiger partial charge in [-0.25, -0.2) is 17.1 Å². The number of carbonyl (C=O) groups is 1. The number of aryl methyl sites for hydroxylation is 1. The van der Waals surface area contributed by atoms with E-state index < -0.39 is 15.8 Å². The summed E-state index contributed by atoms with van der Waals surface area (Å²) >= 11 is 0. The molecule has 0 saturated carbocycles. The van der Waals surface area contributed by atoms with Crippen molar-refractivity contribution in [2.24, 2.45) is 0 Å². The largest absolute Gasteiger partial charge is 0.326 e. The van der Waals surface area contributed by atoms with E-state index >= 15 is 0 Å². The number of halogens is 1. The van der Waals surface area contributed by atoms with Crippen LogP contribution in [0.5, 0.6) is 0 Å². The number of rotatable bonds is 10. The summed E-state index contributed by atoms with van der Waals surface area (Å²) in [6.45, 7) is 3.90. The van der Waals surface area contributed by atoms with E-state index in [-0.39, 0.29) is 23.8 Å². The molecule has 0 aliphatic heterocycles. The highest BCUT2D eigenvalue weighted by Crippen LogP contribution is 2.18. The van der Waals surface area contributed by atoms with Gasteiger partial charge < -0.3 is 5.32 Å². The second-order valence-electron chi connectivity index (χ2n) is 6.42. The lowest BCUT2D eigenvalue weighted by Gasteiger charge is -2.17. The van der Waals surface area contributed by atoms with E-state index in [4.69, 9.17) is 0 Å². The summed E-state index contributed by atoms with van der Waals surface area (Å²) in [6, 6.07) is 12.3. The number of nitrogens with one attached hydrogen (secondary N) is 1. The first-order chi connectivity index (χ1) is 13.3. The average molecular weight is 405 g/mol. The number of sulfonamides is 1. The molecule has 2 rings (SSSR count). The fourth-order valence-corrected chi connectivity index (χ4v) is 3.91. The molecule has 0 aromatic heterocycles. The monoisotopic (exact) mass is 404 g/mol. The maximum absolute atomic E-state index is 13.0. The molecule has 7 heteroatoms. The van der Waals surface area contributed by atoms with Crippen molar-refractivity contribution in [2.45, 2.75) is 30.6 Å². The van der Waals surface area contributed by atoms with E-state index in [0.29, 0.717) is 6.42 Å². The molecule has 0 heterocycles. The minimum absolute atomic E-state index is 0.0250. The Labute approximate surface area is 165 Å². The second kappa shape index (κ2) is 10.1. The van der Waals surface area contributed by atoms with Crippen LogP contribution in [0.25, 0.3) is 0 Å². The van der Waals surface area contributed by atoms with Crippen molar-refractivity contribution in [1.82, 2.24) is 4.31 Å². The number of hydrogen-bond acceptors (Lipinski definition) is 3. The Morgan fingerprint density at radius 2 is 1.86 bits per heavy atom. The maximum Gasteiger partial charge on any atom is 0.242 e. The molecular formula is C21H25FN2O3S. The van der Waals surface area contributed by atoms with Crippen molar-refractivity contribution < 1.29 is 17.6 Å². The molecule has 0 bridgehead atoms. The summed E-state index contributed by atoms with van der Waals surface area (Å²) < 4.78 is 39.1. The predicted molar refractivity (Wildman–Crippen MR) is 109 cm³/mol. The summed E-state index contributed by atoms with van der Waals surface area (Å²) in [5.74, 6) is -0.662. The van der Waals surface area contributed by atoms with E-state index in [1.165, 1.54) is 23.5 Å². The molecule has 0 aliphatic rings. The zero-order valence-electron chi connectivity index (χ0n) is 15.9. The lowest BCUT2D eigenvalue weighted by atomic mass is 10.1. The van der Waals surface area contributed by atoms with Crippen LogP contribution in [0.3, 0.4) is 0 Å².